The minimum atomic E-state index is 0.320. The normalized spacial score (nSPS) is 12.0. The van der Waals surface area contributed by atoms with E-state index in [1.165, 1.54) is 0 Å². The SMILES string of the molecule is CCCNc1nc(NC(C)CC)nc(OCC)n1. The maximum Gasteiger partial charge on any atom is 0.323 e. The third-order valence-electron chi connectivity index (χ3n) is 2.41. The molecule has 0 spiro atoms. The zero-order chi connectivity index (χ0) is 13.4. The highest BCUT2D eigenvalue weighted by Crippen LogP contribution is 2.12. The number of hydrogen-bond acceptors (Lipinski definition) is 6. The maximum absolute atomic E-state index is 5.34. The smallest absolute Gasteiger partial charge is 0.323 e. The van der Waals surface area contributed by atoms with E-state index in [0.717, 1.165) is 19.4 Å². The first-order valence-corrected chi connectivity index (χ1v) is 6.58. The van der Waals surface area contributed by atoms with Gasteiger partial charge in [0.05, 0.1) is 6.61 Å². The van der Waals surface area contributed by atoms with Gasteiger partial charge < -0.3 is 15.4 Å². The van der Waals surface area contributed by atoms with E-state index in [0.29, 0.717) is 30.6 Å². The van der Waals surface area contributed by atoms with Crippen molar-refractivity contribution in [2.24, 2.45) is 0 Å². The second-order valence-electron chi connectivity index (χ2n) is 4.08. The van der Waals surface area contributed by atoms with Gasteiger partial charge in [-0.25, -0.2) is 0 Å². The highest BCUT2D eigenvalue weighted by atomic mass is 16.5. The van der Waals surface area contributed by atoms with E-state index in [-0.39, 0.29) is 0 Å². The summed E-state index contributed by atoms with van der Waals surface area (Å²) in [5, 5.41) is 6.37. The largest absolute Gasteiger partial charge is 0.464 e. The van der Waals surface area contributed by atoms with Crippen LogP contribution in [-0.2, 0) is 0 Å². The summed E-state index contributed by atoms with van der Waals surface area (Å²) in [6.07, 6.45) is 2.02. The molecule has 1 aromatic heterocycles. The summed E-state index contributed by atoms with van der Waals surface area (Å²) in [6.45, 7) is 9.57. The number of nitrogens with zero attached hydrogens (tertiary/aromatic N) is 3. The van der Waals surface area contributed by atoms with Crippen LogP contribution in [0.5, 0.6) is 6.01 Å². The van der Waals surface area contributed by atoms with Crippen molar-refractivity contribution in [1.29, 1.82) is 0 Å². The van der Waals surface area contributed by atoms with Gasteiger partial charge in [0.15, 0.2) is 0 Å². The molecule has 0 aromatic carbocycles. The van der Waals surface area contributed by atoms with Gasteiger partial charge in [-0.15, -0.1) is 0 Å². The Kier molecular flexibility index (Phi) is 6.18. The van der Waals surface area contributed by atoms with Gasteiger partial charge >= 0.3 is 6.01 Å². The van der Waals surface area contributed by atoms with E-state index < -0.39 is 0 Å². The molecule has 6 nitrogen and oxygen atoms in total. The van der Waals surface area contributed by atoms with Gasteiger partial charge in [0.2, 0.25) is 11.9 Å². The number of aromatic nitrogens is 3. The molecule has 1 heterocycles. The number of ether oxygens (including phenoxy) is 1. The number of nitrogens with one attached hydrogen (secondary N) is 2. The van der Waals surface area contributed by atoms with Crippen LogP contribution in [0, 0.1) is 0 Å². The first-order valence-electron chi connectivity index (χ1n) is 6.58. The van der Waals surface area contributed by atoms with Crippen LogP contribution in [-0.4, -0.2) is 34.1 Å². The number of hydrogen-bond donors (Lipinski definition) is 2. The lowest BCUT2D eigenvalue weighted by atomic mass is 10.3. The molecule has 102 valence electrons. The lowest BCUT2D eigenvalue weighted by Crippen LogP contribution is -2.17. The Morgan fingerprint density at radius 2 is 1.83 bits per heavy atom. The molecule has 1 unspecified atom stereocenters. The Balaban J connectivity index is 2.83. The summed E-state index contributed by atoms with van der Waals surface area (Å²) >= 11 is 0. The van der Waals surface area contributed by atoms with Crippen LogP contribution in [0.3, 0.4) is 0 Å². The predicted molar refractivity (Wildman–Crippen MR) is 73.2 cm³/mol. The Morgan fingerprint density at radius 1 is 1.11 bits per heavy atom. The van der Waals surface area contributed by atoms with Gasteiger partial charge in [-0.1, -0.05) is 13.8 Å². The summed E-state index contributed by atoms with van der Waals surface area (Å²) in [5.74, 6) is 1.11. The lowest BCUT2D eigenvalue weighted by Gasteiger charge is -2.13. The zero-order valence-electron chi connectivity index (χ0n) is 11.7. The molecular formula is C12H23N5O. The summed E-state index contributed by atoms with van der Waals surface area (Å²) in [4.78, 5) is 12.7. The molecule has 0 bridgehead atoms. The number of anilines is 2. The minimum absolute atomic E-state index is 0.320. The quantitative estimate of drug-likeness (QED) is 0.740. The molecule has 0 amide bonds. The van der Waals surface area contributed by atoms with Gasteiger partial charge in [0.25, 0.3) is 0 Å². The van der Waals surface area contributed by atoms with Crippen molar-refractivity contribution in [2.75, 3.05) is 23.8 Å². The van der Waals surface area contributed by atoms with E-state index in [1.54, 1.807) is 0 Å². The first-order chi connectivity index (χ1) is 8.69. The second-order valence-corrected chi connectivity index (χ2v) is 4.08. The van der Waals surface area contributed by atoms with Crippen molar-refractivity contribution in [2.45, 2.75) is 46.6 Å². The van der Waals surface area contributed by atoms with Gasteiger partial charge in [0.1, 0.15) is 0 Å². The first kappa shape index (κ1) is 14.5. The summed E-state index contributed by atoms with van der Waals surface area (Å²) in [6, 6.07) is 0.679. The molecule has 1 rings (SSSR count). The summed E-state index contributed by atoms with van der Waals surface area (Å²) in [5.41, 5.74) is 0. The van der Waals surface area contributed by atoms with Crippen LogP contribution in [0.1, 0.15) is 40.5 Å². The van der Waals surface area contributed by atoms with E-state index in [4.69, 9.17) is 4.74 Å². The van der Waals surface area contributed by atoms with Crippen molar-refractivity contribution in [3.05, 3.63) is 0 Å². The lowest BCUT2D eigenvalue weighted by molar-refractivity contribution is 0.312. The van der Waals surface area contributed by atoms with Crippen molar-refractivity contribution < 1.29 is 4.74 Å². The molecular weight excluding hydrogens is 230 g/mol. The predicted octanol–water partition coefficient (Wildman–Crippen LogP) is 2.30. The average molecular weight is 253 g/mol. The monoisotopic (exact) mass is 253 g/mol. The maximum atomic E-state index is 5.34. The fraction of sp³-hybridized carbons (Fsp3) is 0.750. The van der Waals surface area contributed by atoms with Gasteiger partial charge in [-0.2, -0.15) is 15.0 Å². The van der Waals surface area contributed by atoms with Crippen molar-refractivity contribution in [3.63, 3.8) is 0 Å². The van der Waals surface area contributed by atoms with Crippen LogP contribution in [0.25, 0.3) is 0 Å². The van der Waals surface area contributed by atoms with Gasteiger partial charge in [-0.05, 0) is 26.7 Å². The highest BCUT2D eigenvalue weighted by Gasteiger charge is 2.08. The Bertz CT molecular complexity index is 358. The number of rotatable bonds is 8. The second kappa shape index (κ2) is 7.68. The molecule has 2 N–H and O–H groups in total. The van der Waals surface area contributed by atoms with E-state index in [9.17, 15) is 0 Å². The minimum Gasteiger partial charge on any atom is -0.464 e. The Morgan fingerprint density at radius 3 is 2.44 bits per heavy atom. The molecule has 0 saturated carbocycles. The van der Waals surface area contributed by atoms with Gasteiger partial charge in [-0.3, -0.25) is 0 Å². The van der Waals surface area contributed by atoms with E-state index in [2.05, 4.69) is 46.4 Å². The molecule has 0 saturated heterocycles. The molecule has 1 atom stereocenters. The fourth-order valence-corrected chi connectivity index (χ4v) is 1.25. The van der Waals surface area contributed by atoms with Gasteiger partial charge in [0, 0.05) is 12.6 Å². The highest BCUT2D eigenvalue weighted by molar-refractivity contribution is 5.36. The molecule has 18 heavy (non-hydrogen) atoms. The van der Waals surface area contributed by atoms with Crippen LogP contribution in [0.15, 0.2) is 0 Å². The van der Waals surface area contributed by atoms with Crippen LogP contribution in [0.4, 0.5) is 11.9 Å². The van der Waals surface area contributed by atoms with Crippen molar-refractivity contribution in [1.82, 2.24) is 15.0 Å². The molecule has 6 heteroatoms. The van der Waals surface area contributed by atoms with Crippen LogP contribution in [0.2, 0.25) is 0 Å². The van der Waals surface area contributed by atoms with E-state index in [1.807, 2.05) is 6.92 Å². The average Bonchev–Trinajstić information content (AvgIpc) is 2.36. The third-order valence-corrected chi connectivity index (χ3v) is 2.41. The molecule has 0 aliphatic heterocycles. The zero-order valence-corrected chi connectivity index (χ0v) is 11.7. The summed E-state index contributed by atoms with van der Waals surface area (Å²) < 4.78 is 5.34. The molecule has 0 fully saturated rings. The standard InChI is InChI=1S/C12H23N5O/c1-5-8-13-10-15-11(14-9(4)6-2)17-12(16-10)18-7-3/h9H,5-8H2,1-4H3,(H2,13,14,15,16,17). The molecule has 0 aliphatic carbocycles. The Hall–Kier alpha value is -1.59. The Labute approximate surface area is 109 Å². The molecule has 0 radical (unpaired) electrons. The van der Waals surface area contributed by atoms with Crippen molar-refractivity contribution >= 4 is 11.9 Å². The van der Waals surface area contributed by atoms with E-state index >= 15 is 0 Å². The fourth-order valence-electron chi connectivity index (χ4n) is 1.25. The van der Waals surface area contributed by atoms with Crippen molar-refractivity contribution in [3.8, 4) is 6.01 Å². The molecule has 1 aromatic rings. The molecule has 0 aliphatic rings. The topological polar surface area (TPSA) is 72.0 Å². The van der Waals surface area contributed by atoms with Crippen LogP contribution < -0.4 is 15.4 Å². The summed E-state index contributed by atoms with van der Waals surface area (Å²) in [7, 11) is 0. The van der Waals surface area contributed by atoms with Crippen LogP contribution >= 0.6 is 0 Å². The third kappa shape index (κ3) is 4.73.